The molecule has 7 rings (SSSR count). The fraction of sp³-hybridized carbons (Fsp3) is 0.567. The van der Waals surface area contributed by atoms with Gasteiger partial charge >= 0.3 is 23.5 Å². The van der Waals surface area contributed by atoms with Crippen LogP contribution in [0.4, 0.5) is 17.3 Å². The number of nitrogens with zero attached hydrogens (tertiary/aromatic N) is 5. The molecule has 0 bridgehead atoms. The molecule has 0 radical (unpaired) electrons. The summed E-state index contributed by atoms with van der Waals surface area (Å²) in [7, 11) is -18.6. The Morgan fingerprint density at radius 1 is 0.866 bits per heavy atom. The van der Waals surface area contributed by atoms with E-state index in [-0.39, 0.29) is 77.8 Å². The molecule has 2 aromatic carbocycles. The first-order valence-corrected chi connectivity index (χ1v) is 39.5. The van der Waals surface area contributed by atoms with Crippen molar-refractivity contribution in [1.29, 1.82) is 0 Å². The van der Waals surface area contributed by atoms with Gasteiger partial charge < -0.3 is 69.3 Å². The van der Waals surface area contributed by atoms with Crippen LogP contribution in [-0.4, -0.2) is 183 Å². The Morgan fingerprint density at radius 3 is 2.23 bits per heavy atom. The Bertz CT molecular complexity index is 3860. The molecule has 3 aliphatic rings. The van der Waals surface area contributed by atoms with E-state index in [1.165, 1.54) is 61.1 Å². The summed E-state index contributed by atoms with van der Waals surface area (Å²) in [6.45, 7) is 20.4. The SMILES string of the molecule is CCN1/C(=C/C=C/C=C/C2=[N+](CCCCCC(=O)NCCOCCOCCOCCOCCC(=O)NCC(C)(C)SSCOC3C[C@H](n4cnc5c(=O)[nH]c(N)nc54)O[C@@H]3COP(=O)(O)OP(=O)(O)OP(=O)(O)O)c3ccc(C)cc3C2(C)C)C(C)(C)c2cc(S(=O)(=O)O)ccc21. The van der Waals surface area contributed by atoms with Crippen molar-refractivity contribution < 1.29 is 102 Å². The highest BCUT2D eigenvalue weighted by Gasteiger charge is 2.46. The normalized spacial score (nSPS) is 19.5. The van der Waals surface area contributed by atoms with Crippen LogP contribution in [0.2, 0.25) is 0 Å². The summed E-state index contributed by atoms with van der Waals surface area (Å²) in [5.41, 5.74) is 12.0. The van der Waals surface area contributed by atoms with E-state index < -0.39 is 74.4 Å². The third-order valence-electron chi connectivity index (χ3n) is 15.8. The highest BCUT2D eigenvalue weighted by Crippen LogP contribution is 2.66. The summed E-state index contributed by atoms with van der Waals surface area (Å²) in [6, 6.07) is 11.4. The van der Waals surface area contributed by atoms with Gasteiger partial charge in [0.25, 0.3) is 15.7 Å². The number of hydrogen-bond acceptors (Lipinski definition) is 23. The summed E-state index contributed by atoms with van der Waals surface area (Å²) in [6.07, 6.45) is 11.7. The molecular weight excluding hydrogens is 1390 g/mol. The number of phosphoric ester groups is 1. The van der Waals surface area contributed by atoms with Crippen LogP contribution in [-0.2, 0) is 85.8 Å². The van der Waals surface area contributed by atoms with E-state index in [1.807, 2.05) is 26.0 Å². The Labute approximate surface area is 571 Å². The number of carbonyl (C=O) groups excluding carboxylic acids is 2. The number of nitrogens with one attached hydrogen (secondary N) is 3. The number of nitrogen functional groups attached to an aromatic ring is 1. The minimum atomic E-state index is -5.79. The number of nitrogens with two attached hydrogens (primary N) is 1. The van der Waals surface area contributed by atoms with Crippen molar-refractivity contribution in [3.8, 4) is 0 Å². The molecule has 1 fully saturated rings. The van der Waals surface area contributed by atoms with Gasteiger partial charge in [-0.2, -0.15) is 26.6 Å². The lowest BCUT2D eigenvalue weighted by Gasteiger charge is -2.25. The highest BCUT2D eigenvalue weighted by molar-refractivity contribution is 8.77. The van der Waals surface area contributed by atoms with E-state index in [0.717, 1.165) is 42.8 Å². The number of anilines is 2. The molecule has 97 heavy (non-hydrogen) atoms. The lowest BCUT2D eigenvalue weighted by atomic mass is 9.81. The molecule has 0 saturated carbocycles. The number of likely N-dealkylation sites (N-methyl/N-ethyl adjacent to an activating group) is 1. The first kappa shape index (κ1) is 79.3. The van der Waals surface area contributed by atoms with Crippen molar-refractivity contribution >= 4 is 101 Å². The quantitative estimate of drug-likeness (QED) is 0.00394. The van der Waals surface area contributed by atoms with Gasteiger partial charge in [-0.3, -0.25) is 33.0 Å². The van der Waals surface area contributed by atoms with Crippen molar-refractivity contribution in [2.75, 3.05) is 102 Å². The number of H-pyrrole nitrogens is 1. The second-order valence-electron chi connectivity index (χ2n) is 24.4. The molecule has 2 amide bonds. The van der Waals surface area contributed by atoms with Crippen LogP contribution >= 0.6 is 45.1 Å². The van der Waals surface area contributed by atoms with E-state index in [2.05, 4.69) is 122 Å². The van der Waals surface area contributed by atoms with E-state index >= 15 is 0 Å². The standard InChI is InChI=1S/C60H88N9O22P3S3/c1-9-67-45-22-20-42(97(80,81)82)35-44(45)60(7,8)49(67)16-12-10-13-17-50-59(5,6)43-34-41(2)19-21-46(43)68(50)25-15-11-14-18-51(70)62-24-27-84-29-31-86-33-32-85-30-28-83-26-23-52(71)63-38-58(3,4)96-95-40-87-47-36-53(69-39-64-54-55(69)65-57(61)66-56(54)72)89-48(47)37-88-93(76,77)91-94(78,79)90-92(73,74)75/h10,12-13,16-17,19-22,34-35,39,47-48,53H,9,11,14-15,18,23-33,36-38,40H2,1-8H3,(H9-,61,62,63,65,66,70,71,72,73,74,75,76,77,78,79,80,81,82)/p+1/t47?,48-,53-/m1/s1. The van der Waals surface area contributed by atoms with Gasteiger partial charge in [-0.1, -0.05) is 65.3 Å². The molecule has 3 aliphatic heterocycles. The Morgan fingerprint density at radius 2 is 1.55 bits per heavy atom. The number of carbonyl (C=O) groups is 2. The number of rotatable bonds is 41. The van der Waals surface area contributed by atoms with Crippen molar-refractivity contribution in [3.05, 3.63) is 106 Å². The van der Waals surface area contributed by atoms with Crippen LogP contribution in [0.3, 0.4) is 0 Å². The number of fused-ring (bicyclic) bond motifs is 3. The molecule has 538 valence electrons. The van der Waals surface area contributed by atoms with E-state index in [0.29, 0.717) is 59.2 Å². The lowest BCUT2D eigenvalue weighted by molar-refractivity contribution is -0.438. The van der Waals surface area contributed by atoms with Gasteiger partial charge in [-0.15, -0.1) is 0 Å². The van der Waals surface area contributed by atoms with Crippen LogP contribution in [0.15, 0.2) is 88.5 Å². The predicted octanol–water partition coefficient (Wildman–Crippen LogP) is 7.53. The molecule has 2 aromatic heterocycles. The van der Waals surface area contributed by atoms with Gasteiger partial charge in [-0.05, 0) is 90.3 Å². The van der Waals surface area contributed by atoms with Gasteiger partial charge in [0.1, 0.15) is 24.8 Å². The highest BCUT2D eigenvalue weighted by atomic mass is 33.1. The van der Waals surface area contributed by atoms with E-state index in [9.17, 15) is 50.8 Å². The first-order chi connectivity index (χ1) is 45.6. The van der Waals surface area contributed by atoms with Crippen molar-refractivity contribution in [1.82, 2.24) is 30.2 Å². The van der Waals surface area contributed by atoms with E-state index in [4.69, 9.17) is 48.5 Å². The van der Waals surface area contributed by atoms with Gasteiger partial charge in [-0.25, -0.2) is 18.7 Å². The zero-order chi connectivity index (χ0) is 71.0. The second-order valence-corrected chi connectivity index (χ2v) is 33.2. The molecular formula is C60H89N9O22P3S3+. The summed E-state index contributed by atoms with van der Waals surface area (Å²) >= 11 is 0. The summed E-state index contributed by atoms with van der Waals surface area (Å²) in [4.78, 5) is 87.7. The summed E-state index contributed by atoms with van der Waals surface area (Å²) in [5, 5.41) is 5.82. The molecule has 0 aliphatic carbocycles. The summed E-state index contributed by atoms with van der Waals surface area (Å²) < 4.78 is 119. The second kappa shape index (κ2) is 35.1. The fourth-order valence-corrected chi connectivity index (χ4v) is 16.8. The molecule has 31 nitrogen and oxygen atoms in total. The van der Waals surface area contributed by atoms with Crippen molar-refractivity contribution in [3.63, 3.8) is 0 Å². The molecule has 10 N–H and O–H groups in total. The molecule has 4 aromatic rings. The third-order valence-corrected chi connectivity index (χ3v) is 23.4. The molecule has 37 heteroatoms. The Hall–Kier alpha value is -5.00. The number of phosphoric acid groups is 3. The number of aromatic nitrogens is 4. The maximum absolute atomic E-state index is 12.7. The number of amides is 2. The van der Waals surface area contributed by atoms with Crippen LogP contribution in [0.5, 0.6) is 0 Å². The number of ether oxygens (including phenoxy) is 6. The van der Waals surface area contributed by atoms with Gasteiger partial charge in [0, 0.05) is 84.6 Å². The molecule has 5 heterocycles. The third kappa shape index (κ3) is 23.3. The van der Waals surface area contributed by atoms with Gasteiger partial charge in [0.05, 0.1) is 82.2 Å². The van der Waals surface area contributed by atoms with Gasteiger partial charge in [0.15, 0.2) is 16.9 Å². The Kier molecular flexibility index (Phi) is 28.7. The van der Waals surface area contributed by atoms with Crippen LogP contribution < -0.4 is 26.8 Å². The zero-order valence-electron chi connectivity index (χ0n) is 55.4. The minimum Gasteiger partial charge on any atom is -0.379 e. The van der Waals surface area contributed by atoms with Crippen LogP contribution in [0.25, 0.3) is 11.2 Å². The average Bonchev–Trinajstić information content (AvgIpc) is 1.60. The zero-order valence-corrected chi connectivity index (χ0v) is 60.5. The molecule has 1 saturated heterocycles. The molecule has 3 unspecified atom stereocenters. The number of aryl methyl sites for hydroxylation is 1. The number of imidazole rings is 1. The fourth-order valence-electron chi connectivity index (χ4n) is 11.1. The Balaban J connectivity index is 0.705. The predicted molar refractivity (Wildman–Crippen MR) is 365 cm³/mol. The topological polar surface area (TPSA) is 424 Å². The number of unbranched alkanes of at least 4 members (excludes halogenated alkanes) is 2. The number of benzene rings is 2. The lowest BCUT2D eigenvalue weighted by Crippen LogP contribution is -2.36. The minimum absolute atomic E-state index is 0.0129. The van der Waals surface area contributed by atoms with Crippen molar-refractivity contribution in [2.45, 2.75) is 133 Å². The number of hydrogen-bond donors (Lipinski definition) is 9. The number of allylic oxidation sites excluding steroid dienone is 6. The molecule has 0 spiro atoms. The summed E-state index contributed by atoms with van der Waals surface area (Å²) in [5.74, 6) is -0.447. The first-order valence-electron chi connectivity index (χ1n) is 31.3. The van der Waals surface area contributed by atoms with Crippen LogP contribution in [0, 0.1) is 6.92 Å². The monoisotopic (exact) mass is 1480 g/mol. The van der Waals surface area contributed by atoms with Gasteiger partial charge in [0.2, 0.25) is 23.5 Å². The van der Waals surface area contributed by atoms with E-state index in [1.54, 1.807) is 12.1 Å². The smallest absolute Gasteiger partial charge is 0.379 e. The average molecular weight is 1480 g/mol. The number of aromatic amines is 1. The maximum atomic E-state index is 12.7. The van der Waals surface area contributed by atoms with Crippen molar-refractivity contribution in [2.24, 2.45) is 0 Å². The maximum Gasteiger partial charge on any atom is 0.490 e. The van der Waals surface area contributed by atoms with Crippen LogP contribution in [0.1, 0.15) is 110 Å². The largest absolute Gasteiger partial charge is 0.490 e. The molecule has 5 atom stereocenters.